The minimum atomic E-state index is -3.94. The van der Waals surface area contributed by atoms with Gasteiger partial charge in [-0.25, -0.2) is 28.2 Å². The van der Waals surface area contributed by atoms with Gasteiger partial charge in [0.25, 0.3) is 5.91 Å². The van der Waals surface area contributed by atoms with Crippen LogP contribution in [-0.2, 0) is 20.3 Å². The van der Waals surface area contributed by atoms with Crippen molar-refractivity contribution in [1.82, 2.24) is 15.0 Å². The molecule has 12 heteroatoms. The van der Waals surface area contributed by atoms with Crippen molar-refractivity contribution >= 4 is 49.8 Å². The number of aryl methyl sites for hydroxylation is 2. The van der Waals surface area contributed by atoms with E-state index in [-0.39, 0.29) is 39.0 Å². The summed E-state index contributed by atoms with van der Waals surface area (Å²) in [6, 6.07) is 7.04. The summed E-state index contributed by atoms with van der Waals surface area (Å²) in [4.78, 5) is 37.2. The van der Waals surface area contributed by atoms with Crippen LogP contribution in [0.15, 0.2) is 35.6 Å². The standard InChI is InChI=1S/C22H23ClN4O5S2/c1-12(2)10-32-20(29)18-14(4)25-21(33-18)27-19(28)17-16(23)9-24-22(26-17)34(30,31)11-15-7-5-6-13(3)8-15/h5-9,12H,10-11H2,1-4H3,(H,25,27,28). The van der Waals surface area contributed by atoms with Crippen LogP contribution >= 0.6 is 22.9 Å². The Morgan fingerprint density at radius 2 is 1.94 bits per heavy atom. The van der Waals surface area contributed by atoms with E-state index in [1.54, 1.807) is 25.1 Å². The van der Waals surface area contributed by atoms with Crippen LogP contribution in [0, 0.1) is 19.8 Å². The number of nitrogens with one attached hydrogen (secondary N) is 1. The summed E-state index contributed by atoms with van der Waals surface area (Å²) < 4.78 is 30.9. The second-order valence-corrected chi connectivity index (χ2v) is 11.3. The van der Waals surface area contributed by atoms with Crippen LogP contribution in [0.1, 0.15) is 50.8 Å². The van der Waals surface area contributed by atoms with Crippen LogP contribution in [0.3, 0.4) is 0 Å². The van der Waals surface area contributed by atoms with Crippen molar-refractivity contribution in [2.45, 2.75) is 38.6 Å². The molecule has 0 saturated heterocycles. The van der Waals surface area contributed by atoms with E-state index in [0.717, 1.165) is 23.1 Å². The number of aromatic nitrogens is 3. The second kappa shape index (κ2) is 10.6. The fourth-order valence-electron chi connectivity index (χ4n) is 2.85. The maximum atomic E-state index is 12.8. The van der Waals surface area contributed by atoms with E-state index in [9.17, 15) is 18.0 Å². The molecule has 9 nitrogen and oxygen atoms in total. The molecule has 0 radical (unpaired) electrons. The first-order chi connectivity index (χ1) is 16.0. The lowest BCUT2D eigenvalue weighted by molar-refractivity contribution is 0.0463. The van der Waals surface area contributed by atoms with E-state index in [4.69, 9.17) is 16.3 Å². The highest BCUT2D eigenvalue weighted by Gasteiger charge is 2.24. The number of thiazole rings is 1. The van der Waals surface area contributed by atoms with Crippen LogP contribution < -0.4 is 5.32 Å². The molecule has 0 saturated carbocycles. The minimum absolute atomic E-state index is 0.123. The van der Waals surface area contributed by atoms with Crippen molar-refractivity contribution in [2.75, 3.05) is 11.9 Å². The van der Waals surface area contributed by atoms with E-state index in [2.05, 4.69) is 20.3 Å². The third kappa shape index (κ3) is 6.37. The molecule has 0 unspecified atom stereocenters. The smallest absolute Gasteiger partial charge is 0.350 e. The van der Waals surface area contributed by atoms with Gasteiger partial charge in [-0.15, -0.1) is 0 Å². The van der Waals surface area contributed by atoms with Gasteiger partial charge in [0.2, 0.25) is 15.0 Å². The van der Waals surface area contributed by atoms with E-state index < -0.39 is 26.9 Å². The van der Waals surface area contributed by atoms with Crippen LogP contribution in [0.5, 0.6) is 0 Å². The lowest BCUT2D eigenvalue weighted by Gasteiger charge is -2.07. The number of carbonyl (C=O) groups excluding carboxylic acids is 2. The van der Waals surface area contributed by atoms with Gasteiger partial charge in [-0.1, -0.05) is 66.6 Å². The molecule has 1 amide bonds. The molecule has 1 N–H and O–H groups in total. The van der Waals surface area contributed by atoms with Gasteiger partial charge in [0.15, 0.2) is 10.8 Å². The quantitative estimate of drug-likeness (QED) is 0.343. The van der Waals surface area contributed by atoms with Crippen molar-refractivity contribution in [3.63, 3.8) is 0 Å². The van der Waals surface area contributed by atoms with Crippen molar-refractivity contribution in [3.8, 4) is 0 Å². The number of ether oxygens (including phenoxy) is 1. The Morgan fingerprint density at radius 3 is 2.62 bits per heavy atom. The zero-order valence-electron chi connectivity index (χ0n) is 19.0. The largest absolute Gasteiger partial charge is 0.461 e. The molecule has 0 spiro atoms. The fourth-order valence-corrected chi connectivity index (χ4v) is 5.07. The van der Waals surface area contributed by atoms with Crippen LogP contribution in [0.2, 0.25) is 5.02 Å². The SMILES string of the molecule is Cc1cccc(CS(=O)(=O)c2ncc(Cl)c(C(=O)Nc3nc(C)c(C(=O)OCC(C)C)s3)n2)c1. The molecular formula is C22H23ClN4O5S2. The van der Waals surface area contributed by atoms with Gasteiger partial charge in [0, 0.05) is 0 Å². The van der Waals surface area contributed by atoms with Crippen molar-refractivity contribution in [2.24, 2.45) is 5.92 Å². The number of amides is 1. The Labute approximate surface area is 206 Å². The van der Waals surface area contributed by atoms with E-state index >= 15 is 0 Å². The monoisotopic (exact) mass is 522 g/mol. The highest BCUT2D eigenvalue weighted by Crippen LogP contribution is 2.25. The first-order valence-electron chi connectivity index (χ1n) is 10.2. The van der Waals surface area contributed by atoms with Gasteiger partial charge < -0.3 is 4.74 Å². The number of hydrogen-bond donors (Lipinski definition) is 1. The number of nitrogens with zero attached hydrogens (tertiary/aromatic N) is 3. The van der Waals surface area contributed by atoms with Crippen LogP contribution in [0.4, 0.5) is 5.13 Å². The minimum Gasteiger partial charge on any atom is -0.461 e. The average Bonchev–Trinajstić information content (AvgIpc) is 3.11. The van der Waals surface area contributed by atoms with E-state index in [1.165, 1.54) is 0 Å². The van der Waals surface area contributed by atoms with Gasteiger partial charge in [0.1, 0.15) is 4.88 Å². The second-order valence-electron chi connectivity index (χ2n) is 7.98. The lowest BCUT2D eigenvalue weighted by Crippen LogP contribution is -2.18. The number of carbonyl (C=O) groups is 2. The molecule has 2 aromatic heterocycles. The third-order valence-corrected chi connectivity index (χ3v) is 7.20. The highest BCUT2D eigenvalue weighted by atomic mass is 35.5. The molecule has 0 aliphatic heterocycles. The zero-order chi connectivity index (χ0) is 25.0. The van der Waals surface area contributed by atoms with Crippen molar-refractivity contribution in [1.29, 1.82) is 0 Å². The van der Waals surface area contributed by atoms with Crippen molar-refractivity contribution in [3.05, 3.63) is 62.9 Å². The lowest BCUT2D eigenvalue weighted by atomic mass is 10.2. The number of sulfone groups is 1. The summed E-state index contributed by atoms with van der Waals surface area (Å²) in [5.41, 5.74) is 1.55. The van der Waals surface area contributed by atoms with Gasteiger partial charge in [-0.3, -0.25) is 10.1 Å². The van der Waals surface area contributed by atoms with Gasteiger partial charge in [-0.2, -0.15) is 0 Å². The molecule has 3 aromatic rings. The summed E-state index contributed by atoms with van der Waals surface area (Å²) in [6.45, 7) is 7.56. The number of esters is 1. The number of benzene rings is 1. The normalized spacial score (nSPS) is 11.5. The molecule has 0 bridgehead atoms. The Kier molecular flexibility index (Phi) is 8.01. The highest BCUT2D eigenvalue weighted by molar-refractivity contribution is 7.90. The molecule has 0 aliphatic rings. The summed E-state index contributed by atoms with van der Waals surface area (Å²) >= 11 is 7.01. The summed E-state index contributed by atoms with van der Waals surface area (Å²) in [7, 11) is -3.94. The number of rotatable bonds is 8. The zero-order valence-corrected chi connectivity index (χ0v) is 21.3. The molecule has 0 aliphatic carbocycles. The average molecular weight is 523 g/mol. The van der Waals surface area contributed by atoms with Gasteiger partial charge >= 0.3 is 5.97 Å². The first kappa shape index (κ1) is 25.7. The Bertz CT molecular complexity index is 1340. The van der Waals surface area contributed by atoms with Crippen LogP contribution in [-0.4, -0.2) is 41.9 Å². The van der Waals surface area contributed by atoms with E-state index in [0.29, 0.717) is 11.3 Å². The molecule has 3 rings (SSSR count). The molecule has 0 fully saturated rings. The summed E-state index contributed by atoms with van der Waals surface area (Å²) in [5, 5.41) is 1.99. The van der Waals surface area contributed by atoms with Crippen molar-refractivity contribution < 1.29 is 22.7 Å². The predicted molar refractivity (Wildman–Crippen MR) is 129 cm³/mol. The molecule has 34 heavy (non-hydrogen) atoms. The van der Waals surface area contributed by atoms with Gasteiger partial charge in [-0.05, 0) is 25.3 Å². The molecular weight excluding hydrogens is 500 g/mol. The molecule has 2 heterocycles. The first-order valence-corrected chi connectivity index (χ1v) is 13.1. The Balaban J connectivity index is 1.80. The maximum Gasteiger partial charge on any atom is 0.350 e. The maximum absolute atomic E-state index is 12.8. The fraction of sp³-hybridized carbons (Fsp3) is 0.318. The molecule has 180 valence electrons. The summed E-state index contributed by atoms with van der Waals surface area (Å²) in [6.07, 6.45) is 1.06. The Hall–Kier alpha value is -2.89. The number of halogens is 1. The number of hydrogen-bond acceptors (Lipinski definition) is 9. The topological polar surface area (TPSA) is 128 Å². The van der Waals surface area contributed by atoms with E-state index in [1.807, 2.05) is 26.8 Å². The van der Waals surface area contributed by atoms with Gasteiger partial charge in [0.05, 0.1) is 29.3 Å². The van der Waals surface area contributed by atoms with Crippen LogP contribution in [0.25, 0.3) is 0 Å². The Morgan fingerprint density at radius 1 is 1.21 bits per heavy atom. The third-order valence-electron chi connectivity index (χ3n) is 4.40. The predicted octanol–water partition coefficient (Wildman–Crippen LogP) is 4.24. The molecule has 1 aromatic carbocycles. The summed E-state index contributed by atoms with van der Waals surface area (Å²) in [5.74, 6) is -1.47. The number of anilines is 1. The molecule has 0 atom stereocenters.